The number of fused-ring (bicyclic) bond motifs is 1. The Balaban J connectivity index is 1.75. The number of benzene rings is 1. The van der Waals surface area contributed by atoms with Crippen LogP contribution in [-0.2, 0) is 10.2 Å². The average molecular weight is 291 g/mol. The minimum atomic E-state index is 0.262. The van der Waals surface area contributed by atoms with Crippen LogP contribution in [0.25, 0.3) is 0 Å². The fourth-order valence-corrected chi connectivity index (χ4v) is 3.43. The summed E-state index contributed by atoms with van der Waals surface area (Å²) < 4.78 is 16.5. The molecule has 4 heteroatoms. The van der Waals surface area contributed by atoms with Gasteiger partial charge in [-0.2, -0.15) is 0 Å². The Morgan fingerprint density at radius 3 is 2.81 bits per heavy atom. The summed E-state index contributed by atoms with van der Waals surface area (Å²) in [4.78, 5) is 0. The fraction of sp³-hybridized carbons (Fsp3) is 0.647. The first-order valence-electron chi connectivity index (χ1n) is 7.90. The maximum Gasteiger partial charge on any atom is 0.161 e. The molecule has 2 atom stereocenters. The highest BCUT2D eigenvalue weighted by Crippen LogP contribution is 2.56. The molecule has 1 fully saturated rings. The maximum atomic E-state index is 5.73. The summed E-state index contributed by atoms with van der Waals surface area (Å²) in [5.41, 5.74) is 1.64. The van der Waals surface area contributed by atoms with Gasteiger partial charge in [-0.15, -0.1) is 0 Å². The number of nitrogens with one attached hydrogen (secondary N) is 1. The quantitative estimate of drug-likeness (QED) is 0.783. The van der Waals surface area contributed by atoms with Crippen molar-refractivity contribution in [3.63, 3.8) is 0 Å². The molecule has 0 spiro atoms. The molecule has 4 nitrogen and oxygen atoms in total. The standard InChI is InChI=1S/C17H25NO3/c1-3-13-11-17(13,12-18-6-7-19-2)14-4-5-15-16(10-14)21-9-8-20-15/h4-5,10,13,18H,3,6-9,11-12H2,1-2H3. The first-order chi connectivity index (χ1) is 10.3. The van der Waals surface area contributed by atoms with Gasteiger partial charge < -0.3 is 19.5 Å². The molecule has 1 saturated carbocycles. The van der Waals surface area contributed by atoms with Crippen molar-refractivity contribution in [2.75, 3.05) is 40.0 Å². The van der Waals surface area contributed by atoms with Crippen molar-refractivity contribution >= 4 is 0 Å². The van der Waals surface area contributed by atoms with Gasteiger partial charge >= 0.3 is 0 Å². The fourth-order valence-electron chi connectivity index (χ4n) is 3.43. The van der Waals surface area contributed by atoms with Crippen LogP contribution >= 0.6 is 0 Å². The summed E-state index contributed by atoms with van der Waals surface area (Å²) in [5.74, 6) is 2.54. The van der Waals surface area contributed by atoms with Crippen LogP contribution in [-0.4, -0.2) is 40.0 Å². The van der Waals surface area contributed by atoms with Gasteiger partial charge in [0.1, 0.15) is 13.2 Å². The summed E-state index contributed by atoms with van der Waals surface area (Å²) in [7, 11) is 1.74. The van der Waals surface area contributed by atoms with E-state index >= 15 is 0 Å². The van der Waals surface area contributed by atoms with E-state index in [9.17, 15) is 0 Å². The van der Waals surface area contributed by atoms with Gasteiger partial charge in [0, 0.05) is 25.6 Å². The second-order valence-corrected chi connectivity index (χ2v) is 5.99. The number of hydrogen-bond acceptors (Lipinski definition) is 4. The van der Waals surface area contributed by atoms with E-state index in [4.69, 9.17) is 14.2 Å². The average Bonchev–Trinajstić information content (AvgIpc) is 3.26. The van der Waals surface area contributed by atoms with Gasteiger partial charge in [0.15, 0.2) is 11.5 Å². The lowest BCUT2D eigenvalue weighted by molar-refractivity contribution is 0.171. The lowest BCUT2D eigenvalue weighted by Gasteiger charge is -2.23. The number of rotatable bonds is 7. The van der Waals surface area contributed by atoms with Gasteiger partial charge in [-0.05, 0) is 30.0 Å². The van der Waals surface area contributed by atoms with E-state index in [1.807, 2.05) is 0 Å². The van der Waals surface area contributed by atoms with Gasteiger partial charge in [-0.25, -0.2) is 0 Å². The summed E-state index contributed by atoms with van der Waals surface area (Å²) >= 11 is 0. The van der Waals surface area contributed by atoms with Crippen LogP contribution in [0.3, 0.4) is 0 Å². The minimum Gasteiger partial charge on any atom is -0.486 e. The van der Waals surface area contributed by atoms with Crippen molar-refractivity contribution in [3.8, 4) is 11.5 Å². The molecule has 1 aliphatic carbocycles. The monoisotopic (exact) mass is 291 g/mol. The maximum absolute atomic E-state index is 5.73. The van der Waals surface area contributed by atoms with E-state index in [1.54, 1.807) is 7.11 Å². The van der Waals surface area contributed by atoms with E-state index in [-0.39, 0.29) is 5.41 Å². The Bertz CT molecular complexity index is 491. The van der Waals surface area contributed by atoms with Crippen molar-refractivity contribution in [1.29, 1.82) is 0 Å². The predicted molar refractivity (Wildman–Crippen MR) is 82.3 cm³/mol. The Kier molecular flexibility index (Phi) is 4.36. The molecule has 0 aromatic heterocycles. The van der Waals surface area contributed by atoms with Crippen LogP contribution in [0.4, 0.5) is 0 Å². The molecule has 1 aliphatic heterocycles. The Labute approximate surface area is 126 Å². The van der Waals surface area contributed by atoms with Crippen LogP contribution in [0.15, 0.2) is 18.2 Å². The van der Waals surface area contributed by atoms with Gasteiger partial charge in [0.05, 0.1) is 6.61 Å². The van der Waals surface area contributed by atoms with Crippen LogP contribution in [0.5, 0.6) is 11.5 Å². The predicted octanol–water partition coefficient (Wildman–Crippen LogP) is 2.36. The largest absolute Gasteiger partial charge is 0.486 e. The zero-order valence-electron chi connectivity index (χ0n) is 13.0. The third-order valence-electron chi connectivity index (χ3n) is 4.77. The zero-order chi connectivity index (χ0) is 14.7. The Hall–Kier alpha value is -1.26. The van der Waals surface area contributed by atoms with E-state index in [1.165, 1.54) is 18.4 Å². The molecule has 21 heavy (non-hydrogen) atoms. The summed E-state index contributed by atoms with van der Waals surface area (Å²) in [5, 5.41) is 3.53. The number of hydrogen-bond donors (Lipinski definition) is 1. The SMILES string of the molecule is CCC1CC1(CNCCOC)c1ccc2c(c1)OCCO2. The molecule has 0 radical (unpaired) electrons. The van der Waals surface area contributed by atoms with Crippen LogP contribution in [0.1, 0.15) is 25.3 Å². The minimum absolute atomic E-state index is 0.262. The molecular formula is C17H25NO3. The summed E-state index contributed by atoms with van der Waals surface area (Å²) in [6.45, 7) is 6.24. The lowest BCUT2D eigenvalue weighted by atomic mass is 9.91. The third kappa shape index (κ3) is 2.87. The molecule has 1 aromatic rings. The van der Waals surface area contributed by atoms with E-state index in [0.717, 1.165) is 37.1 Å². The second-order valence-electron chi connectivity index (χ2n) is 5.99. The topological polar surface area (TPSA) is 39.7 Å². The molecule has 2 aliphatic rings. The van der Waals surface area contributed by atoms with Crippen molar-refractivity contribution in [3.05, 3.63) is 23.8 Å². The molecule has 0 amide bonds. The van der Waals surface area contributed by atoms with E-state index in [2.05, 4.69) is 30.4 Å². The molecule has 0 bridgehead atoms. The van der Waals surface area contributed by atoms with Crippen molar-refractivity contribution in [1.82, 2.24) is 5.32 Å². The van der Waals surface area contributed by atoms with Crippen molar-refractivity contribution in [2.24, 2.45) is 5.92 Å². The molecular weight excluding hydrogens is 266 g/mol. The molecule has 1 aromatic carbocycles. The van der Waals surface area contributed by atoms with E-state index < -0.39 is 0 Å². The van der Waals surface area contributed by atoms with Gasteiger partial charge in [0.2, 0.25) is 0 Å². The molecule has 0 saturated heterocycles. The second kappa shape index (κ2) is 6.24. The van der Waals surface area contributed by atoms with Gasteiger partial charge in [-0.3, -0.25) is 0 Å². The summed E-state index contributed by atoms with van der Waals surface area (Å²) in [6.07, 6.45) is 2.48. The van der Waals surface area contributed by atoms with Crippen molar-refractivity contribution < 1.29 is 14.2 Å². The molecule has 3 rings (SSSR count). The molecule has 2 unspecified atom stereocenters. The van der Waals surface area contributed by atoms with Crippen molar-refractivity contribution in [2.45, 2.75) is 25.2 Å². The summed E-state index contributed by atoms with van der Waals surface area (Å²) in [6, 6.07) is 6.45. The Morgan fingerprint density at radius 2 is 2.10 bits per heavy atom. The smallest absolute Gasteiger partial charge is 0.161 e. The molecule has 116 valence electrons. The highest BCUT2D eigenvalue weighted by molar-refractivity contribution is 5.48. The highest BCUT2D eigenvalue weighted by atomic mass is 16.6. The van der Waals surface area contributed by atoms with E-state index in [0.29, 0.717) is 13.2 Å². The zero-order valence-corrected chi connectivity index (χ0v) is 13.0. The van der Waals surface area contributed by atoms with Crippen LogP contribution in [0.2, 0.25) is 0 Å². The third-order valence-corrected chi connectivity index (χ3v) is 4.77. The Morgan fingerprint density at radius 1 is 1.29 bits per heavy atom. The number of ether oxygens (including phenoxy) is 3. The first kappa shape index (κ1) is 14.7. The van der Waals surface area contributed by atoms with Crippen LogP contribution < -0.4 is 14.8 Å². The first-order valence-corrected chi connectivity index (χ1v) is 7.90. The number of methoxy groups -OCH3 is 1. The lowest BCUT2D eigenvalue weighted by Crippen LogP contribution is -2.31. The van der Waals surface area contributed by atoms with Gasteiger partial charge in [0.25, 0.3) is 0 Å². The highest BCUT2D eigenvalue weighted by Gasteiger charge is 2.53. The molecule has 1 heterocycles. The van der Waals surface area contributed by atoms with Gasteiger partial charge in [-0.1, -0.05) is 19.4 Å². The van der Waals surface area contributed by atoms with Crippen LogP contribution in [0, 0.1) is 5.92 Å². The molecule has 1 N–H and O–H groups in total. The normalized spacial score (nSPS) is 26.7.